The van der Waals surface area contributed by atoms with Crippen LogP contribution in [0.25, 0.3) is 0 Å². The molecule has 0 atom stereocenters. The second kappa shape index (κ2) is 10.5. The van der Waals surface area contributed by atoms with E-state index in [1.807, 2.05) is 37.3 Å². The number of amides is 2. The van der Waals surface area contributed by atoms with Gasteiger partial charge >= 0.3 is 6.03 Å². The van der Waals surface area contributed by atoms with Crippen LogP contribution in [0.1, 0.15) is 19.8 Å². The molecule has 0 fully saturated rings. The summed E-state index contributed by atoms with van der Waals surface area (Å²) in [5.74, 6) is 0.881. The first-order valence-electron chi connectivity index (χ1n) is 11.1. The molecular formula is C24H27N5O4S. The molecule has 3 aromatic rings. The van der Waals surface area contributed by atoms with Crippen LogP contribution in [0.4, 0.5) is 27.7 Å². The quantitative estimate of drug-likeness (QED) is 0.413. The van der Waals surface area contributed by atoms with Crippen molar-refractivity contribution in [2.45, 2.75) is 24.7 Å². The summed E-state index contributed by atoms with van der Waals surface area (Å²) in [6.45, 7) is 3.11. The SMILES string of the molecule is CCCCNS(=O)(=O)c1cccc(Nc2cnc3c(c2)OCCN3C(=O)Nc2ccccc2)c1. The molecule has 0 saturated carbocycles. The molecule has 0 bridgehead atoms. The molecule has 0 saturated heterocycles. The lowest BCUT2D eigenvalue weighted by atomic mass is 10.2. The Bertz CT molecular complexity index is 1250. The second-order valence-electron chi connectivity index (χ2n) is 7.75. The minimum atomic E-state index is -3.59. The third-order valence-electron chi connectivity index (χ3n) is 5.19. The van der Waals surface area contributed by atoms with Crippen molar-refractivity contribution in [2.24, 2.45) is 0 Å². The fraction of sp³-hybridized carbons (Fsp3) is 0.250. The van der Waals surface area contributed by atoms with Crippen molar-refractivity contribution in [3.63, 3.8) is 0 Å². The Kier molecular flexibility index (Phi) is 7.29. The van der Waals surface area contributed by atoms with Gasteiger partial charge < -0.3 is 15.4 Å². The summed E-state index contributed by atoms with van der Waals surface area (Å²) in [5.41, 5.74) is 1.89. The number of para-hydroxylation sites is 1. The first kappa shape index (κ1) is 23.5. The van der Waals surface area contributed by atoms with E-state index in [9.17, 15) is 13.2 Å². The first-order chi connectivity index (χ1) is 16.5. The van der Waals surface area contributed by atoms with Crippen molar-refractivity contribution in [2.75, 3.05) is 35.2 Å². The first-order valence-corrected chi connectivity index (χ1v) is 12.6. The number of benzene rings is 2. The Balaban J connectivity index is 1.48. The Labute approximate surface area is 199 Å². The lowest BCUT2D eigenvalue weighted by molar-refractivity contribution is 0.249. The van der Waals surface area contributed by atoms with Crippen molar-refractivity contribution >= 4 is 38.9 Å². The topological polar surface area (TPSA) is 113 Å². The van der Waals surface area contributed by atoms with Crippen molar-refractivity contribution in [3.05, 3.63) is 66.9 Å². The lowest BCUT2D eigenvalue weighted by Crippen LogP contribution is -2.41. The van der Waals surface area contributed by atoms with Crippen LogP contribution >= 0.6 is 0 Å². The van der Waals surface area contributed by atoms with Gasteiger partial charge in [-0.15, -0.1) is 0 Å². The minimum Gasteiger partial charge on any atom is -0.488 e. The molecule has 178 valence electrons. The van der Waals surface area contributed by atoms with E-state index in [0.29, 0.717) is 48.3 Å². The maximum absolute atomic E-state index is 12.8. The molecule has 1 aliphatic heterocycles. The molecule has 4 rings (SSSR count). The molecule has 0 unspecified atom stereocenters. The number of pyridine rings is 1. The number of rotatable bonds is 8. The standard InChI is InChI=1S/C24H27N5O4S/c1-2-3-12-26-34(31,32)21-11-7-10-19(15-21)27-20-16-22-23(25-17-20)29(13-14-33-22)24(30)28-18-8-5-4-6-9-18/h4-11,15-17,26-27H,2-3,12-14H2,1H3,(H,28,30). The maximum atomic E-state index is 12.8. The number of nitrogens with zero attached hydrogens (tertiary/aromatic N) is 2. The minimum absolute atomic E-state index is 0.180. The molecular weight excluding hydrogens is 454 g/mol. The van der Waals surface area contributed by atoms with Crippen LogP contribution in [0.3, 0.4) is 0 Å². The Morgan fingerprint density at radius 1 is 1.06 bits per heavy atom. The van der Waals surface area contributed by atoms with E-state index in [2.05, 4.69) is 20.3 Å². The zero-order valence-corrected chi connectivity index (χ0v) is 19.6. The number of sulfonamides is 1. The molecule has 0 spiro atoms. The summed E-state index contributed by atoms with van der Waals surface area (Å²) < 4.78 is 33.4. The van der Waals surface area contributed by atoms with Gasteiger partial charge in [0.1, 0.15) is 6.61 Å². The summed E-state index contributed by atoms with van der Waals surface area (Å²) in [6.07, 6.45) is 3.26. The van der Waals surface area contributed by atoms with Crippen LogP contribution in [-0.4, -0.2) is 39.1 Å². The number of hydrogen-bond donors (Lipinski definition) is 3. The number of ether oxygens (including phenoxy) is 1. The van der Waals surface area contributed by atoms with E-state index in [1.165, 1.54) is 4.90 Å². The summed E-state index contributed by atoms with van der Waals surface area (Å²) in [5, 5.41) is 6.02. The fourth-order valence-electron chi connectivity index (χ4n) is 3.45. The van der Waals surface area contributed by atoms with Gasteiger partial charge in [0.25, 0.3) is 0 Å². The number of carbonyl (C=O) groups excluding carboxylic acids is 1. The number of anilines is 4. The molecule has 2 aromatic carbocycles. The summed E-state index contributed by atoms with van der Waals surface area (Å²) in [4.78, 5) is 18.9. The van der Waals surface area contributed by atoms with E-state index in [4.69, 9.17) is 4.74 Å². The van der Waals surface area contributed by atoms with Crippen molar-refractivity contribution in [1.82, 2.24) is 9.71 Å². The van der Waals surface area contributed by atoms with Gasteiger partial charge in [0.2, 0.25) is 10.0 Å². The van der Waals surface area contributed by atoms with Crippen molar-refractivity contribution in [3.8, 4) is 5.75 Å². The fourth-order valence-corrected chi connectivity index (χ4v) is 4.57. The van der Waals surface area contributed by atoms with E-state index >= 15 is 0 Å². The van der Waals surface area contributed by atoms with Crippen LogP contribution in [-0.2, 0) is 10.0 Å². The predicted molar refractivity (Wildman–Crippen MR) is 132 cm³/mol. The van der Waals surface area contributed by atoms with Crippen LogP contribution in [0.15, 0.2) is 71.8 Å². The zero-order chi connectivity index (χ0) is 24.0. The van der Waals surface area contributed by atoms with Crippen molar-refractivity contribution in [1.29, 1.82) is 0 Å². The van der Waals surface area contributed by atoms with Crippen molar-refractivity contribution < 1.29 is 17.9 Å². The molecule has 2 amide bonds. The van der Waals surface area contributed by atoms with E-state index in [1.54, 1.807) is 36.5 Å². The monoisotopic (exact) mass is 481 g/mol. The van der Waals surface area contributed by atoms with Crippen LogP contribution < -0.4 is 25.0 Å². The molecule has 3 N–H and O–H groups in total. The number of fused-ring (bicyclic) bond motifs is 1. The highest BCUT2D eigenvalue weighted by Gasteiger charge is 2.25. The van der Waals surface area contributed by atoms with Crippen LogP contribution in [0.2, 0.25) is 0 Å². The molecule has 10 heteroatoms. The van der Waals surface area contributed by atoms with E-state index < -0.39 is 10.0 Å². The lowest BCUT2D eigenvalue weighted by Gasteiger charge is -2.28. The predicted octanol–water partition coefficient (Wildman–Crippen LogP) is 4.33. The van der Waals surface area contributed by atoms with Gasteiger partial charge in [-0.3, -0.25) is 4.90 Å². The Morgan fingerprint density at radius 2 is 1.85 bits per heavy atom. The van der Waals surface area contributed by atoms with Gasteiger partial charge in [0.15, 0.2) is 11.6 Å². The van der Waals surface area contributed by atoms with Crippen LogP contribution in [0.5, 0.6) is 5.75 Å². The molecule has 34 heavy (non-hydrogen) atoms. The summed E-state index contributed by atoms with van der Waals surface area (Å²) >= 11 is 0. The number of nitrogens with one attached hydrogen (secondary N) is 3. The van der Waals surface area contributed by atoms with Gasteiger partial charge in [0.05, 0.1) is 23.3 Å². The third kappa shape index (κ3) is 5.64. The van der Waals surface area contributed by atoms with Gasteiger partial charge in [-0.05, 0) is 36.8 Å². The highest BCUT2D eigenvalue weighted by Crippen LogP contribution is 2.33. The molecule has 0 radical (unpaired) electrons. The largest absolute Gasteiger partial charge is 0.488 e. The van der Waals surface area contributed by atoms with Gasteiger partial charge in [-0.1, -0.05) is 37.6 Å². The molecule has 1 aliphatic rings. The maximum Gasteiger partial charge on any atom is 0.327 e. The average Bonchev–Trinajstić information content (AvgIpc) is 2.84. The molecule has 9 nitrogen and oxygen atoms in total. The second-order valence-corrected chi connectivity index (χ2v) is 9.51. The highest BCUT2D eigenvalue weighted by atomic mass is 32.2. The third-order valence-corrected chi connectivity index (χ3v) is 6.65. The number of carbonyl (C=O) groups is 1. The number of hydrogen-bond acceptors (Lipinski definition) is 6. The van der Waals surface area contributed by atoms with E-state index in [0.717, 1.165) is 12.8 Å². The molecule has 2 heterocycles. The van der Waals surface area contributed by atoms with E-state index in [-0.39, 0.29) is 10.9 Å². The Morgan fingerprint density at radius 3 is 2.65 bits per heavy atom. The summed E-state index contributed by atoms with van der Waals surface area (Å²) in [6, 6.07) is 17.2. The van der Waals surface area contributed by atoms with Gasteiger partial charge in [-0.25, -0.2) is 22.9 Å². The van der Waals surface area contributed by atoms with Gasteiger partial charge in [-0.2, -0.15) is 0 Å². The van der Waals surface area contributed by atoms with Gasteiger partial charge in [0, 0.05) is 24.0 Å². The highest BCUT2D eigenvalue weighted by molar-refractivity contribution is 7.89. The number of urea groups is 1. The average molecular weight is 482 g/mol. The number of aromatic nitrogens is 1. The zero-order valence-electron chi connectivity index (χ0n) is 18.8. The normalized spacial score (nSPS) is 13.0. The summed E-state index contributed by atoms with van der Waals surface area (Å²) in [7, 11) is -3.59. The number of unbranched alkanes of at least 4 members (excludes halogenated alkanes) is 1. The van der Waals surface area contributed by atoms with Crippen LogP contribution in [0, 0.1) is 0 Å². The smallest absolute Gasteiger partial charge is 0.327 e. The molecule has 0 aliphatic carbocycles. The Hall–Kier alpha value is -3.63. The molecule has 1 aromatic heterocycles.